The third-order valence-corrected chi connectivity index (χ3v) is 5.57. The molecule has 2 heterocycles. The van der Waals surface area contributed by atoms with Crippen molar-refractivity contribution in [2.45, 2.75) is 20.0 Å². The van der Waals surface area contributed by atoms with E-state index >= 15 is 0 Å². The third kappa shape index (κ3) is 5.84. The minimum absolute atomic E-state index is 0.0490. The first-order valence-electron chi connectivity index (χ1n) is 11.2. The summed E-state index contributed by atoms with van der Waals surface area (Å²) < 4.78 is 22.8. The van der Waals surface area contributed by atoms with E-state index < -0.39 is 23.1 Å². The quantitative estimate of drug-likeness (QED) is 0.385. The number of nitrogens with one attached hydrogen (secondary N) is 2. The van der Waals surface area contributed by atoms with Gasteiger partial charge in [-0.05, 0) is 42.8 Å². The molecular weight excluding hydrogens is 503 g/mol. The fraction of sp³-hybridized carbons (Fsp3) is 0.160. The second-order valence-electron chi connectivity index (χ2n) is 7.78. The lowest BCUT2D eigenvalue weighted by Gasteiger charge is -2.10. The molecule has 0 unspecified atom stereocenters. The Morgan fingerprint density at radius 2 is 1.89 bits per heavy atom. The molecule has 10 nitrogen and oxygen atoms in total. The molecule has 0 aliphatic heterocycles. The van der Waals surface area contributed by atoms with Crippen LogP contribution in [0.5, 0.6) is 11.5 Å². The van der Waals surface area contributed by atoms with Crippen LogP contribution in [0.15, 0.2) is 75.4 Å². The van der Waals surface area contributed by atoms with Gasteiger partial charge in [-0.15, -0.1) is 0 Å². The van der Waals surface area contributed by atoms with Gasteiger partial charge in [0.05, 0.1) is 12.2 Å². The van der Waals surface area contributed by atoms with E-state index in [1.54, 1.807) is 31.2 Å². The lowest BCUT2D eigenvalue weighted by Crippen LogP contribution is -2.49. The first kappa shape index (κ1) is 25.6. The van der Waals surface area contributed by atoms with E-state index in [1.165, 1.54) is 42.1 Å². The summed E-state index contributed by atoms with van der Waals surface area (Å²) in [7, 11) is 1.47. The molecule has 2 aromatic heterocycles. The van der Waals surface area contributed by atoms with Gasteiger partial charge in [-0.25, -0.2) is 23.5 Å². The number of H-pyrrole nitrogens is 1. The first-order chi connectivity index (χ1) is 17.8. The van der Waals surface area contributed by atoms with Gasteiger partial charge in [0.2, 0.25) is 5.62 Å². The van der Waals surface area contributed by atoms with E-state index in [1.807, 2.05) is 0 Å². The Kier molecular flexibility index (Phi) is 7.63. The van der Waals surface area contributed by atoms with Gasteiger partial charge in [0, 0.05) is 36.9 Å². The molecular formula is C25H22ClFN6O4. The lowest BCUT2D eigenvalue weighted by atomic mass is 10.2. The van der Waals surface area contributed by atoms with Gasteiger partial charge in [0.1, 0.15) is 11.4 Å². The predicted octanol–water partition coefficient (Wildman–Crippen LogP) is 2.98. The Hall–Kier alpha value is -4.51. The number of benzene rings is 2. The Morgan fingerprint density at radius 3 is 2.57 bits per heavy atom. The minimum atomic E-state index is -0.743. The van der Waals surface area contributed by atoms with Gasteiger partial charge in [-0.3, -0.25) is 19.3 Å². The van der Waals surface area contributed by atoms with Crippen LogP contribution in [0.3, 0.4) is 0 Å². The number of aromatic nitrogens is 4. The molecule has 1 amide bonds. The van der Waals surface area contributed by atoms with E-state index in [0.717, 1.165) is 16.2 Å². The molecule has 0 saturated heterocycles. The standard InChI is InChI=1S/C25H22ClFN6O4/c1-3-32-24(35)31-23(33(25(32)36)14-15-4-6-16(26)7-5-15)30-17-8-9-21(19(27)12-17)37-18-10-11-29-20(13-18)22(34)28-2/h4-13H,3,14H2,1-2H3,(H,28,34)(H,30,31,35). The van der Waals surface area contributed by atoms with Crippen LogP contribution >= 0.6 is 11.6 Å². The number of amides is 1. The van der Waals surface area contributed by atoms with Crippen molar-refractivity contribution in [2.24, 2.45) is 4.99 Å². The molecule has 0 bridgehead atoms. The summed E-state index contributed by atoms with van der Waals surface area (Å²) >= 11 is 5.95. The molecule has 4 aromatic rings. The number of pyridine rings is 1. The number of nitrogens with zero attached hydrogens (tertiary/aromatic N) is 4. The minimum Gasteiger partial charge on any atom is -0.454 e. The van der Waals surface area contributed by atoms with Crippen LogP contribution in [-0.4, -0.2) is 32.1 Å². The van der Waals surface area contributed by atoms with Gasteiger partial charge in [-0.1, -0.05) is 23.7 Å². The summed E-state index contributed by atoms with van der Waals surface area (Å²) in [6.07, 6.45) is 1.37. The third-order valence-electron chi connectivity index (χ3n) is 5.32. The smallest absolute Gasteiger partial charge is 0.335 e. The zero-order chi connectivity index (χ0) is 26.5. The highest BCUT2D eigenvalue weighted by atomic mass is 35.5. The number of rotatable bonds is 7. The van der Waals surface area contributed by atoms with Gasteiger partial charge in [-0.2, -0.15) is 0 Å². The van der Waals surface area contributed by atoms with Gasteiger partial charge in [0.15, 0.2) is 11.6 Å². The second kappa shape index (κ2) is 11.0. The number of halogens is 2. The fourth-order valence-corrected chi connectivity index (χ4v) is 3.58. The van der Waals surface area contributed by atoms with Crippen molar-refractivity contribution in [3.8, 4) is 11.5 Å². The van der Waals surface area contributed by atoms with Gasteiger partial charge in [0.25, 0.3) is 5.91 Å². The number of aromatic amines is 1. The molecule has 0 aliphatic carbocycles. The van der Waals surface area contributed by atoms with Crippen molar-refractivity contribution in [1.29, 1.82) is 0 Å². The van der Waals surface area contributed by atoms with Gasteiger partial charge >= 0.3 is 11.4 Å². The molecule has 0 atom stereocenters. The number of hydrogen-bond acceptors (Lipinski definition) is 6. The highest BCUT2D eigenvalue weighted by molar-refractivity contribution is 6.30. The normalized spacial score (nSPS) is 11.4. The Labute approximate surface area is 214 Å². The highest BCUT2D eigenvalue weighted by Crippen LogP contribution is 2.27. The van der Waals surface area contributed by atoms with Crippen LogP contribution in [0, 0.1) is 5.82 Å². The second-order valence-corrected chi connectivity index (χ2v) is 8.21. The van der Waals surface area contributed by atoms with Crippen molar-refractivity contribution in [2.75, 3.05) is 7.05 Å². The molecule has 0 saturated carbocycles. The zero-order valence-electron chi connectivity index (χ0n) is 19.9. The first-order valence-corrected chi connectivity index (χ1v) is 11.6. The summed E-state index contributed by atoms with van der Waals surface area (Å²) in [5.74, 6) is -1.05. The van der Waals surface area contributed by atoms with Gasteiger partial charge < -0.3 is 10.1 Å². The number of ether oxygens (including phenoxy) is 1. The van der Waals surface area contributed by atoms with Crippen molar-refractivity contribution >= 4 is 23.2 Å². The topological polar surface area (TPSA) is 123 Å². The summed E-state index contributed by atoms with van der Waals surface area (Å²) in [6.45, 7) is 1.94. The monoisotopic (exact) mass is 524 g/mol. The van der Waals surface area contributed by atoms with Crippen molar-refractivity contribution in [1.82, 2.24) is 24.4 Å². The Bertz CT molecular complexity index is 1640. The van der Waals surface area contributed by atoms with Crippen LogP contribution in [0.4, 0.5) is 10.1 Å². The van der Waals surface area contributed by atoms with E-state index in [9.17, 15) is 18.8 Å². The van der Waals surface area contributed by atoms with Crippen LogP contribution in [-0.2, 0) is 13.1 Å². The average molecular weight is 525 g/mol. The van der Waals surface area contributed by atoms with E-state index in [-0.39, 0.29) is 41.6 Å². The SMILES string of the molecule is CCn1c(=O)[nH]/c(=N\c2ccc(Oc3ccnc(C(=O)NC)c3)c(F)c2)n(Cc2ccc(Cl)cc2)c1=O. The molecule has 2 aromatic carbocycles. The molecule has 0 radical (unpaired) electrons. The molecule has 0 fully saturated rings. The van der Waals surface area contributed by atoms with Crippen molar-refractivity contribution < 1.29 is 13.9 Å². The maximum absolute atomic E-state index is 14.9. The average Bonchev–Trinajstić information content (AvgIpc) is 2.89. The highest BCUT2D eigenvalue weighted by Gasteiger charge is 2.12. The van der Waals surface area contributed by atoms with Crippen LogP contribution in [0.1, 0.15) is 23.0 Å². The van der Waals surface area contributed by atoms with E-state index in [4.69, 9.17) is 16.3 Å². The summed E-state index contributed by atoms with van der Waals surface area (Å²) in [5.41, 5.74) is -0.246. The summed E-state index contributed by atoms with van der Waals surface area (Å²) in [6, 6.07) is 13.7. The molecule has 0 aliphatic rings. The molecule has 12 heteroatoms. The predicted molar refractivity (Wildman–Crippen MR) is 135 cm³/mol. The van der Waals surface area contributed by atoms with Crippen molar-refractivity contribution in [3.63, 3.8) is 0 Å². The Morgan fingerprint density at radius 1 is 1.14 bits per heavy atom. The molecule has 4 rings (SSSR count). The zero-order valence-corrected chi connectivity index (χ0v) is 20.6. The maximum Gasteiger partial charge on any atom is 0.335 e. The summed E-state index contributed by atoms with van der Waals surface area (Å²) in [4.78, 5) is 48.1. The van der Waals surface area contributed by atoms with Crippen molar-refractivity contribution in [3.05, 3.63) is 109 Å². The number of hydrogen-bond donors (Lipinski definition) is 2. The molecule has 0 spiro atoms. The fourth-order valence-electron chi connectivity index (χ4n) is 3.45. The molecule has 37 heavy (non-hydrogen) atoms. The van der Waals surface area contributed by atoms with Crippen LogP contribution < -0.4 is 27.1 Å². The number of carbonyl (C=O) groups is 1. The van der Waals surface area contributed by atoms with Crippen LogP contribution in [0.2, 0.25) is 5.02 Å². The molecule has 2 N–H and O–H groups in total. The lowest BCUT2D eigenvalue weighted by molar-refractivity contribution is 0.0958. The maximum atomic E-state index is 14.9. The number of carbonyl (C=O) groups excluding carboxylic acids is 1. The van der Waals surface area contributed by atoms with Crippen LogP contribution in [0.25, 0.3) is 0 Å². The van der Waals surface area contributed by atoms with E-state index in [2.05, 4.69) is 20.3 Å². The molecule has 190 valence electrons. The van der Waals surface area contributed by atoms with E-state index in [0.29, 0.717) is 5.02 Å². The Balaban J connectivity index is 1.71. The summed E-state index contributed by atoms with van der Waals surface area (Å²) in [5, 5.41) is 2.99. The largest absolute Gasteiger partial charge is 0.454 e.